The fraction of sp³-hybridized carbons (Fsp3) is 0.944. The molecule has 0 aliphatic carbocycles. The molecule has 1 rings (SSSR count). The maximum absolute atomic E-state index is 11.6. The molecular weight excluding hydrogens is 352 g/mol. The van der Waals surface area contributed by atoms with Gasteiger partial charge in [-0.2, -0.15) is 0 Å². The van der Waals surface area contributed by atoms with Crippen molar-refractivity contribution in [1.82, 2.24) is 14.9 Å². The van der Waals surface area contributed by atoms with Crippen LogP contribution >= 0.6 is 0 Å². The summed E-state index contributed by atoms with van der Waals surface area (Å²) in [6.45, 7) is 10.2. The van der Waals surface area contributed by atoms with E-state index >= 15 is 0 Å². The normalized spacial score (nSPS) is 18.9. The Morgan fingerprint density at radius 2 is 1.92 bits per heavy atom. The molecule has 0 aromatic carbocycles. The third kappa shape index (κ3) is 9.19. The number of aliphatic hydroxyl groups is 1. The van der Waals surface area contributed by atoms with Crippen LogP contribution in [0.15, 0.2) is 4.99 Å². The second-order valence-corrected chi connectivity index (χ2v) is 9.70. The van der Waals surface area contributed by atoms with Crippen LogP contribution in [-0.2, 0) is 10.0 Å². The van der Waals surface area contributed by atoms with Crippen LogP contribution in [0.4, 0.5) is 0 Å². The molecule has 1 aliphatic rings. The van der Waals surface area contributed by atoms with Crippen LogP contribution in [0.5, 0.6) is 0 Å². The van der Waals surface area contributed by atoms with Crippen LogP contribution < -0.4 is 10.6 Å². The first kappa shape index (κ1) is 23.2. The van der Waals surface area contributed by atoms with Gasteiger partial charge in [0, 0.05) is 39.3 Å². The molecule has 7 nitrogen and oxygen atoms in total. The highest BCUT2D eigenvalue weighted by Gasteiger charge is 2.24. The Kier molecular flexibility index (Phi) is 10.5. The van der Waals surface area contributed by atoms with Crippen LogP contribution in [-0.4, -0.2) is 69.4 Å². The molecule has 1 atom stereocenters. The minimum atomic E-state index is -3.07. The van der Waals surface area contributed by atoms with Crippen molar-refractivity contribution in [1.29, 1.82) is 0 Å². The van der Waals surface area contributed by atoms with E-state index in [1.54, 1.807) is 4.31 Å². The number of hydrogen-bond donors (Lipinski definition) is 3. The van der Waals surface area contributed by atoms with Crippen molar-refractivity contribution in [3.05, 3.63) is 0 Å². The van der Waals surface area contributed by atoms with Gasteiger partial charge in [0.15, 0.2) is 5.96 Å². The Morgan fingerprint density at radius 1 is 1.27 bits per heavy atom. The van der Waals surface area contributed by atoms with E-state index in [1.807, 2.05) is 6.92 Å². The Bertz CT molecular complexity index is 515. The van der Waals surface area contributed by atoms with Crippen LogP contribution in [0.2, 0.25) is 0 Å². The zero-order valence-corrected chi connectivity index (χ0v) is 17.7. The maximum atomic E-state index is 11.6. The van der Waals surface area contributed by atoms with Gasteiger partial charge in [0.1, 0.15) is 0 Å². The van der Waals surface area contributed by atoms with Crippen LogP contribution in [0.25, 0.3) is 0 Å². The van der Waals surface area contributed by atoms with Gasteiger partial charge in [0.05, 0.1) is 6.26 Å². The number of sulfonamides is 1. The number of hydrogen-bond acceptors (Lipinski definition) is 4. The lowest BCUT2D eigenvalue weighted by molar-refractivity contribution is 0.245. The standard InChI is InChI=1S/C18H38N4O3S/c1-5-19-18(21-14-17(8-11-23)12-15(2)3)20-13-16-6-9-22(10-7-16)26(4,24)25/h15-17,23H,5-14H2,1-4H3,(H2,19,20,21). The van der Waals surface area contributed by atoms with Crippen LogP contribution in [0, 0.1) is 17.8 Å². The van der Waals surface area contributed by atoms with Crippen LogP contribution in [0.3, 0.4) is 0 Å². The molecule has 26 heavy (non-hydrogen) atoms. The predicted molar refractivity (Wildman–Crippen MR) is 108 cm³/mol. The van der Waals surface area contributed by atoms with Gasteiger partial charge >= 0.3 is 0 Å². The van der Waals surface area contributed by atoms with Gasteiger partial charge in [-0.1, -0.05) is 13.8 Å². The summed E-state index contributed by atoms with van der Waals surface area (Å²) in [7, 11) is -3.07. The Balaban J connectivity index is 2.49. The van der Waals surface area contributed by atoms with Gasteiger partial charge in [-0.25, -0.2) is 12.7 Å². The minimum Gasteiger partial charge on any atom is -0.396 e. The van der Waals surface area contributed by atoms with Gasteiger partial charge in [-0.05, 0) is 50.4 Å². The van der Waals surface area contributed by atoms with Crippen molar-refractivity contribution in [2.24, 2.45) is 22.7 Å². The second-order valence-electron chi connectivity index (χ2n) is 7.71. The molecule has 0 bridgehead atoms. The summed E-state index contributed by atoms with van der Waals surface area (Å²) in [4.78, 5) is 4.70. The first-order valence-corrected chi connectivity index (χ1v) is 11.7. The smallest absolute Gasteiger partial charge is 0.211 e. The first-order valence-electron chi connectivity index (χ1n) is 9.84. The fourth-order valence-electron chi connectivity index (χ4n) is 3.38. The number of rotatable bonds is 10. The summed E-state index contributed by atoms with van der Waals surface area (Å²) in [5, 5.41) is 15.9. The third-order valence-electron chi connectivity index (χ3n) is 4.79. The summed E-state index contributed by atoms with van der Waals surface area (Å²) in [5.74, 6) is 2.26. The quantitative estimate of drug-likeness (QED) is 0.386. The number of nitrogens with one attached hydrogen (secondary N) is 2. The van der Waals surface area contributed by atoms with Crippen molar-refractivity contribution in [2.75, 3.05) is 45.6 Å². The summed E-state index contributed by atoms with van der Waals surface area (Å²) >= 11 is 0. The number of guanidine groups is 1. The lowest BCUT2D eigenvalue weighted by Gasteiger charge is -2.30. The molecule has 3 N–H and O–H groups in total. The molecule has 0 amide bonds. The number of aliphatic imine (C=N–C) groups is 1. The highest BCUT2D eigenvalue weighted by molar-refractivity contribution is 7.88. The number of nitrogens with zero attached hydrogens (tertiary/aromatic N) is 2. The van der Waals surface area contributed by atoms with E-state index in [9.17, 15) is 13.5 Å². The lowest BCUT2D eigenvalue weighted by atomic mass is 9.94. The first-order chi connectivity index (χ1) is 12.3. The summed E-state index contributed by atoms with van der Waals surface area (Å²) in [5.41, 5.74) is 0. The summed E-state index contributed by atoms with van der Waals surface area (Å²) in [6, 6.07) is 0. The van der Waals surface area contributed by atoms with Gasteiger partial charge in [0.2, 0.25) is 10.0 Å². The van der Waals surface area contributed by atoms with E-state index in [2.05, 4.69) is 24.5 Å². The molecule has 0 radical (unpaired) electrons. The fourth-order valence-corrected chi connectivity index (χ4v) is 4.26. The molecular formula is C18H38N4O3S. The molecule has 0 spiro atoms. The number of aliphatic hydroxyl groups excluding tert-OH is 1. The Labute approximate surface area is 159 Å². The van der Waals surface area contributed by atoms with Crippen molar-refractivity contribution < 1.29 is 13.5 Å². The van der Waals surface area contributed by atoms with Crippen molar-refractivity contribution in [3.63, 3.8) is 0 Å². The molecule has 1 unspecified atom stereocenters. The Morgan fingerprint density at radius 3 is 2.42 bits per heavy atom. The second kappa shape index (κ2) is 11.8. The molecule has 1 aliphatic heterocycles. The zero-order valence-electron chi connectivity index (χ0n) is 16.9. The number of piperidine rings is 1. The van der Waals surface area contributed by atoms with E-state index in [4.69, 9.17) is 4.99 Å². The molecule has 0 aromatic rings. The van der Waals surface area contributed by atoms with Gasteiger partial charge in [-0.3, -0.25) is 4.99 Å². The van der Waals surface area contributed by atoms with E-state index in [1.165, 1.54) is 6.26 Å². The largest absolute Gasteiger partial charge is 0.396 e. The summed E-state index contributed by atoms with van der Waals surface area (Å²) in [6.07, 6.45) is 4.87. The van der Waals surface area contributed by atoms with Gasteiger partial charge < -0.3 is 15.7 Å². The van der Waals surface area contributed by atoms with Crippen molar-refractivity contribution in [3.8, 4) is 0 Å². The van der Waals surface area contributed by atoms with E-state index in [0.29, 0.717) is 37.4 Å². The molecule has 1 heterocycles. The van der Waals surface area contributed by atoms with Gasteiger partial charge in [0.25, 0.3) is 0 Å². The third-order valence-corrected chi connectivity index (χ3v) is 6.10. The molecule has 0 saturated carbocycles. The monoisotopic (exact) mass is 390 g/mol. The molecule has 0 aromatic heterocycles. The van der Waals surface area contributed by atoms with E-state index in [-0.39, 0.29) is 6.61 Å². The molecule has 8 heteroatoms. The minimum absolute atomic E-state index is 0.204. The lowest BCUT2D eigenvalue weighted by Crippen LogP contribution is -2.44. The average Bonchev–Trinajstić information content (AvgIpc) is 2.56. The molecule has 1 fully saturated rings. The highest BCUT2D eigenvalue weighted by Crippen LogP contribution is 2.18. The van der Waals surface area contributed by atoms with E-state index in [0.717, 1.165) is 44.7 Å². The zero-order chi connectivity index (χ0) is 19.6. The molecule has 1 saturated heterocycles. The SMILES string of the molecule is CCNC(=NCC(CCO)CC(C)C)NCC1CCN(S(C)(=O)=O)CC1. The topological polar surface area (TPSA) is 94.0 Å². The van der Waals surface area contributed by atoms with Gasteiger partial charge in [-0.15, -0.1) is 0 Å². The Hall–Kier alpha value is -0.860. The maximum Gasteiger partial charge on any atom is 0.211 e. The molecule has 154 valence electrons. The average molecular weight is 391 g/mol. The van der Waals surface area contributed by atoms with Crippen LogP contribution in [0.1, 0.15) is 46.5 Å². The van der Waals surface area contributed by atoms with Crippen molar-refractivity contribution in [2.45, 2.75) is 46.5 Å². The summed E-state index contributed by atoms with van der Waals surface area (Å²) < 4.78 is 24.7. The predicted octanol–water partition coefficient (Wildman–Crippen LogP) is 1.26. The van der Waals surface area contributed by atoms with Crippen molar-refractivity contribution >= 4 is 16.0 Å². The highest BCUT2D eigenvalue weighted by atomic mass is 32.2. The van der Waals surface area contributed by atoms with E-state index < -0.39 is 10.0 Å².